The third-order valence-corrected chi connectivity index (χ3v) is 5.26. The van der Waals surface area contributed by atoms with Gasteiger partial charge in [0.15, 0.2) is 0 Å². The lowest BCUT2D eigenvalue weighted by Crippen LogP contribution is -2.26. The van der Waals surface area contributed by atoms with Gasteiger partial charge in [-0.1, -0.05) is 0 Å². The molecular formula is C16H22N8O2S. The van der Waals surface area contributed by atoms with Crippen molar-refractivity contribution in [2.75, 3.05) is 30.0 Å². The van der Waals surface area contributed by atoms with Gasteiger partial charge in [0.25, 0.3) is 0 Å². The summed E-state index contributed by atoms with van der Waals surface area (Å²) >= 11 is 0. The van der Waals surface area contributed by atoms with Crippen LogP contribution in [0.3, 0.4) is 0 Å². The molecule has 3 N–H and O–H groups in total. The van der Waals surface area contributed by atoms with Gasteiger partial charge >= 0.3 is 0 Å². The van der Waals surface area contributed by atoms with Crippen LogP contribution in [-0.2, 0) is 10.0 Å². The topological polar surface area (TPSA) is 127 Å². The van der Waals surface area contributed by atoms with Crippen molar-refractivity contribution in [3.05, 3.63) is 30.9 Å². The van der Waals surface area contributed by atoms with Crippen LogP contribution in [0.25, 0.3) is 11.0 Å². The molecule has 0 spiro atoms. The SMILES string of the molecule is CNS(=O)(=O)CCNc1nccc(Nc2cc3c(cn2)ncn3C(C)C)n1. The van der Waals surface area contributed by atoms with E-state index in [1.807, 2.05) is 6.07 Å². The largest absolute Gasteiger partial charge is 0.353 e. The van der Waals surface area contributed by atoms with Gasteiger partial charge in [-0.25, -0.2) is 28.1 Å². The zero-order valence-electron chi connectivity index (χ0n) is 15.3. The monoisotopic (exact) mass is 390 g/mol. The molecule has 0 aromatic carbocycles. The van der Waals surface area contributed by atoms with Crippen LogP contribution in [0, 0.1) is 0 Å². The highest BCUT2D eigenvalue weighted by Crippen LogP contribution is 2.21. The Bertz CT molecular complexity index is 1030. The highest BCUT2D eigenvalue weighted by molar-refractivity contribution is 7.89. The standard InChI is InChI=1S/C16H22N8O2S/c1-11(2)24-10-21-12-9-20-15(8-13(12)24)22-14-4-5-18-16(23-14)19-6-7-27(25,26)17-3/h4-5,8-11,17H,6-7H2,1-3H3,(H2,18,19,20,22,23). The van der Waals surface area contributed by atoms with Crippen molar-refractivity contribution >= 4 is 38.6 Å². The molecule has 0 amide bonds. The van der Waals surface area contributed by atoms with E-state index in [-0.39, 0.29) is 18.3 Å². The molecule has 10 nitrogen and oxygen atoms in total. The lowest BCUT2D eigenvalue weighted by atomic mass is 10.3. The molecule has 0 saturated heterocycles. The Morgan fingerprint density at radius 2 is 2.00 bits per heavy atom. The van der Waals surface area contributed by atoms with Crippen LogP contribution in [0.15, 0.2) is 30.9 Å². The normalized spacial score (nSPS) is 11.9. The Balaban J connectivity index is 1.72. The second kappa shape index (κ2) is 7.84. The van der Waals surface area contributed by atoms with Crippen molar-refractivity contribution in [3.63, 3.8) is 0 Å². The summed E-state index contributed by atoms with van der Waals surface area (Å²) in [5, 5.41) is 6.03. The molecule has 3 aromatic rings. The molecule has 0 bridgehead atoms. The lowest BCUT2D eigenvalue weighted by Gasteiger charge is -2.10. The van der Waals surface area contributed by atoms with Gasteiger partial charge in [-0.2, -0.15) is 4.98 Å². The summed E-state index contributed by atoms with van der Waals surface area (Å²) < 4.78 is 27.2. The van der Waals surface area contributed by atoms with E-state index in [1.54, 1.807) is 24.8 Å². The molecular weight excluding hydrogens is 368 g/mol. The first-order valence-electron chi connectivity index (χ1n) is 8.46. The molecule has 3 heterocycles. The van der Waals surface area contributed by atoms with Crippen molar-refractivity contribution in [1.29, 1.82) is 0 Å². The Hall–Kier alpha value is -2.79. The minimum absolute atomic E-state index is 0.0675. The number of hydrogen-bond acceptors (Lipinski definition) is 8. The Kier molecular flexibility index (Phi) is 5.51. The second-order valence-corrected chi connectivity index (χ2v) is 8.19. The number of fused-ring (bicyclic) bond motifs is 1. The zero-order valence-corrected chi connectivity index (χ0v) is 16.2. The smallest absolute Gasteiger partial charge is 0.224 e. The van der Waals surface area contributed by atoms with Gasteiger partial charge < -0.3 is 15.2 Å². The first-order chi connectivity index (χ1) is 12.9. The maximum Gasteiger partial charge on any atom is 0.224 e. The summed E-state index contributed by atoms with van der Waals surface area (Å²) in [6, 6.07) is 3.91. The highest BCUT2D eigenvalue weighted by atomic mass is 32.2. The van der Waals surface area contributed by atoms with Crippen molar-refractivity contribution in [2.45, 2.75) is 19.9 Å². The first-order valence-corrected chi connectivity index (χ1v) is 10.1. The van der Waals surface area contributed by atoms with Crippen LogP contribution < -0.4 is 15.4 Å². The number of pyridine rings is 1. The molecule has 11 heteroatoms. The Labute approximate surface area is 157 Å². The van der Waals surface area contributed by atoms with E-state index in [0.29, 0.717) is 17.6 Å². The van der Waals surface area contributed by atoms with Crippen molar-refractivity contribution in [2.24, 2.45) is 0 Å². The van der Waals surface area contributed by atoms with Gasteiger partial charge in [0, 0.05) is 24.8 Å². The minimum atomic E-state index is -3.28. The van der Waals surface area contributed by atoms with Crippen LogP contribution in [0.1, 0.15) is 19.9 Å². The first kappa shape index (κ1) is 19.0. The van der Waals surface area contributed by atoms with Crippen molar-refractivity contribution < 1.29 is 8.42 Å². The number of nitrogens with zero attached hydrogens (tertiary/aromatic N) is 5. The van der Waals surface area contributed by atoms with E-state index in [2.05, 4.69) is 53.7 Å². The molecule has 0 atom stereocenters. The van der Waals surface area contributed by atoms with E-state index >= 15 is 0 Å². The third-order valence-electron chi connectivity index (χ3n) is 3.89. The summed E-state index contributed by atoms with van der Waals surface area (Å²) in [6.45, 7) is 4.38. The summed E-state index contributed by atoms with van der Waals surface area (Å²) in [6.07, 6.45) is 5.09. The molecule has 0 aliphatic heterocycles. The van der Waals surface area contributed by atoms with Gasteiger partial charge in [-0.05, 0) is 27.0 Å². The lowest BCUT2D eigenvalue weighted by molar-refractivity contribution is 0.588. The van der Waals surface area contributed by atoms with E-state index in [4.69, 9.17) is 0 Å². The van der Waals surface area contributed by atoms with Gasteiger partial charge in [0.05, 0.1) is 23.8 Å². The van der Waals surface area contributed by atoms with E-state index in [0.717, 1.165) is 11.0 Å². The van der Waals surface area contributed by atoms with Gasteiger partial charge in [-0.15, -0.1) is 0 Å². The molecule has 0 fully saturated rings. The minimum Gasteiger partial charge on any atom is -0.353 e. The zero-order chi connectivity index (χ0) is 19.4. The predicted molar refractivity (Wildman–Crippen MR) is 105 cm³/mol. The summed E-state index contributed by atoms with van der Waals surface area (Å²) in [4.78, 5) is 17.1. The van der Waals surface area contributed by atoms with Crippen molar-refractivity contribution in [1.82, 2.24) is 29.2 Å². The second-order valence-electron chi connectivity index (χ2n) is 6.14. The van der Waals surface area contributed by atoms with Crippen molar-refractivity contribution in [3.8, 4) is 0 Å². The van der Waals surface area contributed by atoms with Crippen LogP contribution in [-0.4, -0.2) is 52.3 Å². The molecule has 0 unspecified atom stereocenters. The van der Waals surface area contributed by atoms with Crippen LogP contribution >= 0.6 is 0 Å². The van der Waals surface area contributed by atoms with Gasteiger partial charge in [-0.3, -0.25) is 0 Å². The average Bonchev–Trinajstić information content (AvgIpc) is 3.05. The fraction of sp³-hybridized carbons (Fsp3) is 0.375. The van der Waals surface area contributed by atoms with Gasteiger partial charge in [0.1, 0.15) is 17.2 Å². The number of rotatable bonds is 8. The summed E-state index contributed by atoms with van der Waals surface area (Å²) in [5.41, 5.74) is 1.80. The van der Waals surface area contributed by atoms with Crippen LogP contribution in [0.5, 0.6) is 0 Å². The predicted octanol–water partition coefficient (Wildman–Crippen LogP) is 1.51. The maximum atomic E-state index is 11.4. The molecule has 0 saturated carbocycles. The van der Waals surface area contributed by atoms with Crippen LogP contribution in [0.4, 0.5) is 17.6 Å². The quantitative estimate of drug-likeness (QED) is 0.528. The molecule has 27 heavy (non-hydrogen) atoms. The number of nitrogens with one attached hydrogen (secondary N) is 3. The molecule has 144 valence electrons. The fourth-order valence-corrected chi connectivity index (χ4v) is 3.03. The number of aromatic nitrogens is 5. The molecule has 3 rings (SSSR count). The summed E-state index contributed by atoms with van der Waals surface area (Å²) in [5.74, 6) is 1.44. The molecule has 0 aliphatic rings. The van der Waals surface area contributed by atoms with E-state index in [9.17, 15) is 8.42 Å². The van der Waals surface area contributed by atoms with E-state index in [1.165, 1.54) is 7.05 Å². The Morgan fingerprint density at radius 1 is 1.19 bits per heavy atom. The third kappa shape index (κ3) is 4.68. The highest BCUT2D eigenvalue weighted by Gasteiger charge is 2.09. The van der Waals surface area contributed by atoms with E-state index < -0.39 is 10.0 Å². The van der Waals surface area contributed by atoms with Crippen LogP contribution in [0.2, 0.25) is 0 Å². The molecule has 0 aliphatic carbocycles. The number of sulfonamides is 1. The number of anilines is 3. The average molecular weight is 390 g/mol. The number of imidazole rings is 1. The summed E-state index contributed by atoms with van der Waals surface area (Å²) in [7, 11) is -1.90. The fourth-order valence-electron chi connectivity index (χ4n) is 2.45. The Morgan fingerprint density at radius 3 is 2.74 bits per heavy atom. The number of hydrogen-bond donors (Lipinski definition) is 3. The maximum absolute atomic E-state index is 11.4. The van der Waals surface area contributed by atoms with Gasteiger partial charge in [0.2, 0.25) is 16.0 Å². The molecule has 0 radical (unpaired) electrons. The molecule has 3 aromatic heterocycles.